The number of methoxy groups -OCH3 is 1. The molecule has 0 bridgehead atoms. The predicted molar refractivity (Wildman–Crippen MR) is 98.1 cm³/mol. The molecule has 1 aliphatic carbocycles. The van der Waals surface area contributed by atoms with Crippen molar-refractivity contribution in [3.8, 4) is 5.75 Å². The van der Waals surface area contributed by atoms with Crippen LogP contribution in [0.3, 0.4) is 0 Å². The third-order valence-corrected chi connectivity index (χ3v) is 4.94. The molecule has 1 amide bonds. The van der Waals surface area contributed by atoms with E-state index in [9.17, 15) is 4.79 Å². The summed E-state index contributed by atoms with van der Waals surface area (Å²) in [6.45, 7) is 2.79. The summed E-state index contributed by atoms with van der Waals surface area (Å²) in [6.07, 6.45) is 3.92. The Bertz CT molecular complexity index is 756. The molecule has 1 aromatic carbocycles. The molecule has 5 heteroatoms. The minimum Gasteiger partial charge on any atom is -0.497 e. The van der Waals surface area contributed by atoms with Crippen molar-refractivity contribution in [2.75, 3.05) is 20.3 Å². The highest BCUT2D eigenvalue weighted by molar-refractivity contribution is 6.06. The highest BCUT2D eigenvalue weighted by Crippen LogP contribution is 2.40. The summed E-state index contributed by atoms with van der Waals surface area (Å²) >= 11 is 0. The van der Waals surface area contributed by atoms with Crippen LogP contribution in [0.4, 0.5) is 0 Å². The normalized spacial score (nSPS) is 15.2. The van der Waals surface area contributed by atoms with Crippen molar-refractivity contribution in [1.29, 1.82) is 0 Å². The van der Waals surface area contributed by atoms with Gasteiger partial charge in [-0.1, -0.05) is 13.3 Å². The molecule has 25 heavy (non-hydrogen) atoms. The zero-order valence-electron chi connectivity index (χ0n) is 14.9. The topological polar surface area (TPSA) is 71.5 Å². The fourth-order valence-corrected chi connectivity index (χ4v) is 3.09. The summed E-state index contributed by atoms with van der Waals surface area (Å²) < 4.78 is 5.31. The Hall–Kier alpha value is -2.14. The number of rotatable bonds is 8. The first-order valence-electron chi connectivity index (χ1n) is 9.04. The quantitative estimate of drug-likeness (QED) is 0.772. The number of nitrogens with zero attached hydrogens (tertiary/aromatic N) is 1. The maximum absolute atomic E-state index is 12.8. The molecule has 1 saturated carbocycles. The summed E-state index contributed by atoms with van der Waals surface area (Å²) in [6, 6.07) is 7.60. The number of fused-ring (bicyclic) bond motifs is 1. The number of pyridine rings is 1. The first-order chi connectivity index (χ1) is 12.2. The Kier molecular flexibility index (Phi) is 5.53. The number of carbonyl (C=O) groups is 1. The van der Waals surface area contributed by atoms with Gasteiger partial charge in [0, 0.05) is 30.1 Å². The second-order valence-electron chi connectivity index (χ2n) is 6.75. The Morgan fingerprint density at radius 1 is 1.40 bits per heavy atom. The molecule has 3 rings (SSSR count). The second kappa shape index (κ2) is 7.83. The molecule has 2 N–H and O–H groups in total. The number of aromatic nitrogens is 1. The monoisotopic (exact) mass is 342 g/mol. The Morgan fingerprint density at radius 2 is 2.20 bits per heavy atom. The molecular formula is C20H26N2O3. The molecule has 0 radical (unpaired) electrons. The molecule has 134 valence electrons. The van der Waals surface area contributed by atoms with Crippen LogP contribution in [0.2, 0.25) is 0 Å². The summed E-state index contributed by atoms with van der Waals surface area (Å²) in [5.41, 5.74) is 2.49. The molecule has 1 aromatic heterocycles. The van der Waals surface area contributed by atoms with E-state index in [2.05, 4.69) is 12.2 Å². The fraction of sp³-hybridized carbons (Fsp3) is 0.500. The van der Waals surface area contributed by atoms with E-state index < -0.39 is 0 Å². The maximum atomic E-state index is 12.8. The van der Waals surface area contributed by atoms with Crippen LogP contribution in [0.25, 0.3) is 10.9 Å². The van der Waals surface area contributed by atoms with Gasteiger partial charge < -0.3 is 15.2 Å². The summed E-state index contributed by atoms with van der Waals surface area (Å²) in [5, 5.41) is 13.0. The number of amides is 1. The lowest BCUT2D eigenvalue weighted by atomic mass is 10.0. The van der Waals surface area contributed by atoms with Gasteiger partial charge in [-0.25, -0.2) is 0 Å². The highest BCUT2D eigenvalue weighted by atomic mass is 16.5. The average Bonchev–Trinajstić information content (AvgIpc) is 3.48. The van der Waals surface area contributed by atoms with E-state index in [1.54, 1.807) is 7.11 Å². The average molecular weight is 342 g/mol. The van der Waals surface area contributed by atoms with Gasteiger partial charge in [0.05, 0.1) is 18.2 Å². The fourth-order valence-electron chi connectivity index (χ4n) is 3.09. The molecule has 0 aliphatic heterocycles. The lowest BCUT2D eigenvalue weighted by Crippen LogP contribution is -2.30. The van der Waals surface area contributed by atoms with Crippen LogP contribution in [-0.2, 0) is 0 Å². The zero-order chi connectivity index (χ0) is 17.8. The lowest BCUT2D eigenvalue weighted by molar-refractivity contribution is 0.0945. The third-order valence-electron chi connectivity index (χ3n) is 4.94. The smallest absolute Gasteiger partial charge is 0.252 e. The van der Waals surface area contributed by atoms with Gasteiger partial charge in [0.25, 0.3) is 5.91 Å². The summed E-state index contributed by atoms with van der Waals surface area (Å²) in [5.74, 6) is 1.41. The van der Waals surface area contributed by atoms with Gasteiger partial charge in [-0.3, -0.25) is 9.78 Å². The standard InChI is InChI=1S/C20H26N2O3/c1-3-13(8-9-23)12-21-20(24)17-11-19(14-4-5-14)22-18-7-6-15(25-2)10-16(17)18/h6-7,10-11,13-14,23H,3-5,8-9,12H2,1-2H3,(H,21,24). The Balaban J connectivity index is 1.90. The van der Waals surface area contributed by atoms with E-state index in [-0.39, 0.29) is 12.5 Å². The van der Waals surface area contributed by atoms with Crippen molar-refractivity contribution >= 4 is 16.8 Å². The molecule has 1 unspecified atom stereocenters. The molecule has 1 atom stereocenters. The van der Waals surface area contributed by atoms with Crippen molar-refractivity contribution in [2.24, 2.45) is 5.92 Å². The maximum Gasteiger partial charge on any atom is 0.252 e. The van der Waals surface area contributed by atoms with Gasteiger partial charge in [-0.15, -0.1) is 0 Å². The zero-order valence-corrected chi connectivity index (χ0v) is 14.9. The number of hydrogen-bond acceptors (Lipinski definition) is 4. The van der Waals surface area contributed by atoms with Gasteiger partial charge in [0.2, 0.25) is 0 Å². The second-order valence-corrected chi connectivity index (χ2v) is 6.75. The van der Waals surface area contributed by atoms with Crippen LogP contribution in [0.5, 0.6) is 5.75 Å². The largest absolute Gasteiger partial charge is 0.497 e. The predicted octanol–water partition coefficient (Wildman–Crippen LogP) is 3.26. The number of ether oxygens (including phenoxy) is 1. The number of aliphatic hydroxyl groups is 1. The Labute approximate surface area is 148 Å². The van der Waals surface area contributed by atoms with Crippen LogP contribution < -0.4 is 10.1 Å². The molecule has 0 spiro atoms. The van der Waals surface area contributed by atoms with Crippen LogP contribution >= 0.6 is 0 Å². The molecule has 0 saturated heterocycles. The van der Waals surface area contributed by atoms with Gasteiger partial charge in [-0.05, 0) is 49.4 Å². The molecule has 2 aromatic rings. The van der Waals surface area contributed by atoms with Gasteiger partial charge in [0.1, 0.15) is 5.75 Å². The molecule has 1 aliphatic rings. The number of nitrogens with one attached hydrogen (secondary N) is 1. The van der Waals surface area contributed by atoms with Crippen LogP contribution in [0.15, 0.2) is 24.3 Å². The summed E-state index contributed by atoms with van der Waals surface area (Å²) in [4.78, 5) is 17.6. The third kappa shape index (κ3) is 4.10. The van der Waals surface area contributed by atoms with Crippen LogP contribution in [-0.4, -0.2) is 36.3 Å². The van der Waals surface area contributed by atoms with E-state index in [4.69, 9.17) is 14.8 Å². The minimum absolute atomic E-state index is 0.0843. The number of carbonyl (C=O) groups excluding carboxylic acids is 1. The van der Waals surface area contributed by atoms with Crippen LogP contribution in [0, 0.1) is 5.92 Å². The van der Waals surface area contributed by atoms with E-state index in [1.165, 1.54) is 0 Å². The van der Waals surface area contributed by atoms with Crippen molar-refractivity contribution in [2.45, 2.75) is 38.5 Å². The number of hydrogen-bond donors (Lipinski definition) is 2. The van der Waals surface area contributed by atoms with E-state index in [0.29, 0.717) is 36.1 Å². The first kappa shape index (κ1) is 17.7. The van der Waals surface area contributed by atoms with E-state index >= 15 is 0 Å². The molecule has 1 fully saturated rings. The summed E-state index contributed by atoms with van der Waals surface area (Å²) in [7, 11) is 1.62. The minimum atomic E-state index is -0.0843. The highest BCUT2D eigenvalue weighted by Gasteiger charge is 2.27. The molecular weight excluding hydrogens is 316 g/mol. The van der Waals surface area contributed by atoms with Gasteiger partial charge >= 0.3 is 0 Å². The van der Waals surface area contributed by atoms with Gasteiger partial charge in [-0.2, -0.15) is 0 Å². The van der Waals surface area contributed by atoms with E-state index in [1.807, 2.05) is 24.3 Å². The van der Waals surface area contributed by atoms with Crippen molar-refractivity contribution < 1.29 is 14.6 Å². The number of aliphatic hydroxyl groups excluding tert-OH is 1. The molecule has 1 heterocycles. The first-order valence-corrected chi connectivity index (χ1v) is 9.04. The van der Waals surface area contributed by atoms with Gasteiger partial charge in [0.15, 0.2) is 0 Å². The molecule has 5 nitrogen and oxygen atoms in total. The van der Waals surface area contributed by atoms with Crippen molar-refractivity contribution in [3.63, 3.8) is 0 Å². The van der Waals surface area contributed by atoms with Crippen LogP contribution in [0.1, 0.15) is 54.6 Å². The number of benzene rings is 1. The lowest BCUT2D eigenvalue weighted by Gasteiger charge is -2.16. The van der Waals surface area contributed by atoms with Crippen molar-refractivity contribution in [3.05, 3.63) is 35.5 Å². The van der Waals surface area contributed by atoms with Crippen molar-refractivity contribution in [1.82, 2.24) is 10.3 Å². The SMILES string of the molecule is CCC(CCO)CNC(=O)c1cc(C2CC2)nc2ccc(OC)cc12. The van der Waals surface area contributed by atoms with E-state index in [0.717, 1.165) is 35.9 Å². The Morgan fingerprint density at radius 3 is 2.84 bits per heavy atom.